The van der Waals surface area contributed by atoms with E-state index in [-0.39, 0.29) is 17.0 Å². The van der Waals surface area contributed by atoms with Crippen molar-refractivity contribution in [3.8, 4) is 5.75 Å². The van der Waals surface area contributed by atoms with Crippen LogP contribution < -0.4 is 9.88 Å². The molecule has 2 heterocycles. The zero-order valence-electron chi connectivity index (χ0n) is 19.5. The maximum Gasteiger partial charge on any atom is 0.269 e. The maximum atomic E-state index is 14.5. The zero-order valence-corrected chi connectivity index (χ0v) is 21.1. The molecule has 0 aliphatic carbocycles. The van der Waals surface area contributed by atoms with Crippen molar-refractivity contribution in [2.75, 3.05) is 7.11 Å². The summed E-state index contributed by atoms with van der Waals surface area (Å²) >= 11 is 0. The van der Waals surface area contributed by atoms with Gasteiger partial charge in [0.2, 0.25) is 0 Å². The first-order chi connectivity index (χ1) is 16.6. The number of hydrogen-bond donors (Lipinski definition) is 1. The summed E-state index contributed by atoms with van der Waals surface area (Å²) in [5.41, 5.74) is 0.988. The van der Waals surface area contributed by atoms with Gasteiger partial charge in [-0.05, 0) is 68.8 Å². The van der Waals surface area contributed by atoms with Crippen LogP contribution in [-0.2, 0) is 21.0 Å². The van der Waals surface area contributed by atoms with E-state index in [0.29, 0.717) is 22.4 Å². The molecule has 0 spiro atoms. The molecule has 0 amide bonds. The van der Waals surface area contributed by atoms with E-state index >= 15 is 0 Å². The molecule has 184 valence electrons. The summed E-state index contributed by atoms with van der Waals surface area (Å²) in [6.45, 7) is 3.44. The van der Waals surface area contributed by atoms with Gasteiger partial charge >= 0.3 is 0 Å². The van der Waals surface area contributed by atoms with Gasteiger partial charge in [-0.3, -0.25) is 5.14 Å². The van der Waals surface area contributed by atoms with E-state index in [1.165, 1.54) is 47.6 Å². The molecule has 0 radical (unpaired) electrons. The van der Waals surface area contributed by atoms with E-state index < -0.39 is 37.5 Å². The Morgan fingerprint density at radius 2 is 1.83 bits per heavy atom. The molecule has 10 heteroatoms. The van der Waals surface area contributed by atoms with Gasteiger partial charge < -0.3 is 4.74 Å². The molecule has 0 aliphatic rings. The molecule has 4 rings (SSSR count). The van der Waals surface area contributed by atoms with E-state index in [1.807, 2.05) is 0 Å². The van der Waals surface area contributed by atoms with Crippen molar-refractivity contribution in [1.82, 2.24) is 8.96 Å². The van der Waals surface area contributed by atoms with E-state index in [2.05, 4.69) is 4.98 Å². The molecular weight excluding hydrogens is 489 g/mol. The number of hydrogen-bond acceptors (Lipinski definition) is 5. The number of nitrogens with zero attached hydrogens (tertiary/aromatic N) is 2. The summed E-state index contributed by atoms with van der Waals surface area (Å²) in [4.78, 5) is 4.43. The van der Waals surface area contributed by atoms with Gasteiger partial charge in [0.1, 0.15) is 11.6 Å². The van der Waals surface area contributed by atoms with Crippen molar-refractivity contribution in [2.24, 2.45) is 5.14 Å². The van der Waals surface area contributed by atoms with Gasteiger partial charge in [0, 0.05) is 28.8 Å². The van der Waals surface area contributed by atoms with Crippen molar-refractivity contribution in [3.05, 3.63) is 90.0 Å². The molecule has 0 saturated heterocycles. The van der Waals surface area contributed by atoms with Crippen LogP contribution in [0.4, 0.5) is 4.39 Å². The minimum Gasteiger partial charge on any atom is -0.496 e. The summed E-state index contributed by atoms with van der Waals surface area (Å²) in [7, 11) is -4.39. The minimum absolute atomic E-state index is 0.0796. The van der Waals surface area contributed by atoms with Crippen LogP contribution >= 0.6 is 0 Å². The first kappa shape index (κ1) is 25.0. The monoisotopic (exact) mass is 515 g/mol. The average molecular weight is 516 g/mol. The molecule has 0 bridgehead atoms. The highest BCUT2D eigenvalue weighted by Crippen LogP contribution is 2.42. The second kappa shape index (κ2) is 9.52. The summed E-state index contributed by atoms with van der Waals surface area (Å²) in [5.74, 6) is -0.878. The predicted octanol–water partition coefficient (Wildman–Crippen LogP) is 4.34. The van der Waals surface area contributed by atoms with E-state index in [0.717, 1.165) is 0 Å². The molecular formula is C25H26FN3O4S2. The fourth-order valence-corrected chi connectivity index (χ4v) is 6.03. The van der Waals surface area contributed by atoms with Crippen LogP contribution in [0, 0.1) is 5.82 Å². The summed E-state index contributed by atoms with van der Waals surface area (Å²) in [6, 6.07) is 17.3. The number of aromatic nitrogens is 2. The number of rotatable bonds is 8. The van der Waals surface area contributed by atoms with E-state index in [1.54, 1.807) is 50.2 Å². The van der Waals surface area contributed by atoms with Gasteiger partial charge in [0.05, 0.1) is 27.7 Å². The smallest absolute Gasteiger partial charge is 0.269 e. The van der Waals surface area contributed by atoms with Crippen LogP contribution in [0.1, 0.15) is 37.4 Å². The minimum atomic E-state index is -4.10. The Kier molecular flexibility index (Phi) is 6.81. The number of benzene rings is 2. The lowest BCUT2D eigenvalue weighted by Gasteiger charge is -2.29. The van der Waals surface area contributed by atoms with Crippen molar-refractivity contribution in [2.45, 2.75) is 35.8 Å². The lowest BCUT2D eigenvalue weighted by molar-refractivity contribution is 0.402. The molecule has 2 aromatic heterocycles. The molecule has 35 heavy (non-hydrogen) atoms. The average Bonchev–Trinajstić information content (AvgIpc) is 3.23. The van der Waals surface area contributed by atoms with Crippen LogP contribution in [0.3, 0.4) is 0 Å². The van der Waals surface area contributed by atoms with Crippen LogP contribution in [0.5, 0.6) is 5.75 Å². The lowest BCUT2D eigenvalue weighted by Crippen LogP contribution is -2.34. The zero-order chi connectivity index (χ0) is 25.4. The summed E-state index contributed by atoms with van der Waals surface area (Å²) in [6.07, 6.45) is 1.66. The Morgan fingerprint density at radius 1 is 1.11 bits per heavy atom. The van der Waals surface area contributed by atoms with Crippen LogP contribution in [0.25, 0.3) is 11.0 Å². The number of halogens is 1. The highest BCUT2D eigenvalue weighted by Gasteiger charge is 2.36. The Hall–Kier alpha value is -3.08. The van der Waals surface area contributed by atoms with Crippen molar-refractivity contribution in [3.63, 3.8) is 0 Å². The molecule has 4 aromatic rings. The number of ether oxygens (including phenoxy) is 1. The Balaban J connectivity index is 2.07. The van der Waals surface area contributed by atoms with Crippen molar-refractivity contribution < 1.29 is 21.8 Å². The number of fused-ring (bicyclic) bond motifs is 1. The van der Waals surface area contributed by atoms with Gasteiger partial charge in [0.15, 0.2) is 5.65 Å². The molecule has 1 unspecified atom stereocenters. The quantitative estimate of drug-likeness (QED) is 0.376. The second-order valence-electron chi connectivity index (χ2n) is 8.77. The number of nitrogens with two attached hydrogens (primary N) is 1. The van der Waals surface area contributed by atoms with Gasteiger partial charge in [-0.1, -0.05) is 18.2 Å². The molecule has 0 aliphatic heterocycles. The highest BCUT2D eigenvalue weighted by molar-refractivity contribution is 7.90. The van der Waals surface area contributed by atoms with Crippen LogP contribution in [0.2, 0.25) is 0 Å². The first-order valence-electron chi connectivity index (χ1n) is 10.8. The largest absolute Gasteiger partial charge is 0.496 e. The normalized spacial score (nSPS) is 14.1. The first-order valence-corrected chi connectivity index (χ1v) is 13.5. The maximum absolute atomic E-state index is 14.5. The van der Waals surface area contributed by atoms with Gasteiger partial charge in [-0.2, -0.15) is 0 Å². The van der Waals surface area contributed by atoms with Gasteiger partial charge in [-0.25, -0.2) is 26.0 Å². The Bertz CT molecular complexity index is 1500. The fourth-order valence-electron chi connectivity index (χ4n) is 4.15. The van der Waals surface area contributed by atoms with E-state index in [9.17, 15) is 17.0 Å². The molecule has 0 saturated carbocycles. The van der Waals surface area contributed by atoms with Crippen LogP contribution in [0.15, 0.2) is 77.8 Å². The van der Waals surface area contributed by atoms with Gasteiger partial charge in [0.25, 0.3) is 10.0 Å². The second-order valence-corrected chi connectivity index (χ2v) is 12.3. The number of pyridine rings is 1. The predicted molar refractivity (Wildman–Crippen MR) is 135 cm³/mol. The van der Waals surface area contributed by atoms with E-state index in [4.69, 9.17) is 9.88 Å². The van der Waals surface area contributed by atoms with Gasteiger partial charge in [-0.15, -0.1) is 0 Å². The highest BCUT2D eigenvalue weighted by atomic mass is 32.2. The number of methoxy groups -OCH3 is 1. The lowest BCUT2D eigenvalue weighted by atomic mass is 9.86. The third-order valence-electron chi connectivity index (χ3n) is 5.99. The molecule has 2 N–H and O–H groups in total. The summed E-state index contributed by atoms with van der Waals surface area (Å²) < 4.78 is 60.5. The molecule has 7 nitrogen and oxygen atoms in total. The van der Waals surface area contributed by atoms with Crippen LogP contribution in [-0.4, -0.2) is 33.4 Å². The molecule has 2 atom stereocenters. The SMILES string of the molecule is COc1ccc(F)cc1[C@H](CC(C)(C)S(N)=O)c1cc2cccnc2n1S(=O)(=O)c1ccccc1. The Morgan fingerprint density at radius 3 is 2.49 bits per heavy atom. The third kappa shape index (κ3) is 4.73. The summed E-state index contributed by atoms with van der Waals surface area (Å²) in [5, 5.41) is 6.39. The third-order valence-corrected chi connectivity index (χ3v) is 8.98. The standard InChI is InChI=1S/C25H26FN3O4S2/c1-25(2,34(27)30)16-21(20-15-18(26)11-12-23(20)33-3)22-14-17-8-7-13-28-24(17)29(22)35(31,32)19-9-5-4-6-10-19/h4-15,21H,16,27H2,1-3H3/t21-,34?/m0/s1. The van der Waals surface area contributed by atoms with Crippen molar-refractivity contribution >= 4 is 32.0 Å². The molecule has 0 fully saturated rings. The fraction of sp³-hybridized carbons (Fsp3) is 0.240. The van der Waals surface area contributed by atoms with Crippen molar-refractivity contribution in [1.29, 1.82) is 0 Å². The topological polar surface area (TPSA) is 104 Å². The molecule has 2 aromatic carbocycles. The Labute approximate surface area is 206 Å².